The highest BCUT2D eigenvalue weighted by Crippen LogP contribution is 2.22. The zero-order chi connectivity index (χ0) is 20.4. The SMILES string of the molecule is CCc1cccc(CC)c1NC(=O)COC(=O)CCNC(=O)OC(C)(C)C. The average molecular weight is 378 g/mol. The molecule has 0 radical (unpaired) electrons. The van der Waals surface area contributed by atoms with Gasteiger partial charge in [0.25, 0.3) is 5.91 Å². The lowest BCUT2D eigenvalue weighted by Crippen LogP contribution is -2.34. The molecule has 0 bridgehead atoms. The molecule has 0 aliphatic heterocycles. The fraction of sp³-hybridized carbons (Fsp3) is 0.550. The Balaban J connectivity index is 2.40. The van der Waals surface area contributed by atoms with E-state index in [1.807, 2.05) is 32.0 Å². The number of benzene rings is 1. The molecule has 7 heteroatoms. The molecule has 2 N–H and O–H groups in total. The molecular weight excluding hydrogens is 348 g/mol. The maximum atomic E-state index is 12.1. The van der Waals surface area contributed by atoms with Crippen LogP contribution in [0.3, 0.4) is 0 Å². The van der Waals surface area contributed by atoms with Crippen molar-refractivity contribution in [3.05, 3.63) is 29.3 Å². The van der Waals surface area contributed by atoms with Crippen LogP contribution in [0.4, 0.5) is 10.5 Å². The van der Waals surface area contributed by atoms with E-state index < -0.39 is 17.7 Å². The molecule has 2 amide bonds. The summed E-state index contributed by atoms with van der Waals surface area (Å²) < 4.78 is 10.0. The van der Waals surface area contributed by atoms with Crippen LogP contribution in [0, 0.1) is 0 Å². The van der Waals surface area contributed by atoms with Crippen molar-refractivity contribution in [1.29, 1.82) is 0 Å². The van der Waals surface area contributed by atoms with E-state index >= 15 is 0 Å². The van der Waals surface area contributed by atoms with Gasteiger partial charge in [-0.2, -0.15) is 0 Å². The van der Waals surface area contributed by atoms with Gasteiger partial charge in [0.2, 0.25) is 0 Å². The van der Waals surface area contributed by atoms with Gasteiger partial charge in [0.05, 0.1) is 6.42 Å². The Morgan fingerprint density at radius 3 is 2.15 bits per heavy atom. The van der Waals surface area contributed by atoms with Crippen LogP contribution in [0.25, 0.3) is 0 Å². The summed E-state index contributed by atoms with van der Waals surface area (Å²) in [5.41, 5.74) is 2.26. The number of aryl methyl sites for hydroxylation is 2. The summed E-state index contributed by atoms with van der Waals surface area (Å²) in [6.45, 7) is 8.99. The fourth-order valence-electron chi connectivity index (χ4n) is 2.38. The Morgan fingerprint density at radius 2 is 1.63 bits per heavy atom. The summed E-state index contributed by atoms with van der Waals surface area (Å²) in [6, 6.07) is 5.89. The van der Waals surface area contributed by atoms with E-state index in [1.54, 1.807) is 20.8 Å². The number of anilines is 1. The molecule has 0 saturated carbocycles. The summed E-state index contributed by atoms with van der Waals surface area (Å²) in [6.07, 6.45) is 0.938. The Morgan fingerprint density at radius 1 is 1.04 bits per heavy atom. The van der Waals surface area contributed by atoms with Crippen LogP contribution in [0.15, 0.2) is 18.2 Å². The van der Waals surface area contributed by atoms with Crippen LogP contribution >= 0.6 is 0 Å². The van der Waals surface area contributed by atoms with E-state index in [0.717, 1.165) is 29.7 Å². The minimum Gasteiger partial charge on any atom is -0.456 e. The van der Waals surface area contributed by atoms with Gasteiger partial charge in [-0.05, 0) is 44.7 Å². The maximum Gasteiger partial charge on any atom is 0.407 e. The third-order valence-electron chi connectivity index (χ3n) is 3.62. The molecule has 1 rings (SSSR count). The number of hydrogen-bond acceptors (Lipinski definition) is 5. The molecular formula is C20H30N2O5. The number of nitrogens with one attached hydrogen (secondary N) is 2. The van der Waals surface area contributed by atoms with E-state index in [0.29, 0.717) is 0 Å². The molecule has 1 aromatic rings. The Labute approximate surface area is 160 Å². The van der Waals surface area contributed by atoms with Crippen molar-refractivity contribution in [2.45, 2.75) is 59.5 Å². The van der Waals surface area contributed by atoms with Crippen LogP contribution in [0.5, 0.6) is 0 Å². The zero-order valence-electron chi connectivity index (χ0n) is 16.8. The molecule has 0 aliphatic rings. The number of para-hydroxylation sites is 1. The van der Waals surface area contributed by atoms with Crippen LogP contribution in [0.2, 0.25) is 0 Å². The van der Waals surface area contributed by atoms with Crippen LogP contribution in [-0.2, 0) is 31.9 Å². The number of carbonyl (C=O) groups is 3. The van der Waals surface area contributed by atoms with Crippen molar-refractivity contribution in [3.8, 4) is 0 Å². The Bertz CT molecular complexity index is 643. The lowest BCUT2D eigenvalue weighted by Gasteiger charge is -2.19. The summed E-state index contributed by atoms with van der Waals surface area (Å²) in [5.74, 6) is -0.959. The molecule has 0 unspecified atom stereocenters. The Kier molecular flexibility index (Phi) is 8.78. The van der Waals surface area contributed by atoms with E-state index in [4.69, 9.17) is 9.47 Å². The first-order valence-corrected chi connectivity index (χ1v) is 9.19. The molecule has 0 atom stereocenters. The van der Waals surface area contributed by atoms with Crippen molar-refractivity contribution in [2.24, 2.45) is 0 Å². The molecule has 1 aromatic carbocycles. The van der Waals surface area contributed by atoms with Gasteiger partial charge in [0.15, 0.2) is 6.61 Å². The van der Waals surface area contributed by atoms with Crippen molar-refractivity contribution in [1.82, 2.24) is 5.32 Å². The quantitative estimate of drug-likeness (QED) is 0.678. The number of esters is 1. The van der Waals surface area contributed by atoms with Crippen molar-refractivity contribution < 1.29 is 23.9 Å². The topological polar surface area (TPSA) is 93.7 Å². The number of rotatable bonds is 8. The maximum absolute atomic E-state index is 12.1. The number of amides is 2. The second-order valence-electron chi connectivity index (χ2n) is 7.05. The summed E-state index contributed by atoms with van der Waals surface area (Å²) in [7, 11) is 0. The minimum atomic E-state index is -0.602. The van der Waals surface area contributed by atoms with Gasteiger partial charge in [-0.1, -0.05) is 32.0 Å². The second kappa shape index (κ2) is 10.5. The molecule has 0 heterocycles. The highest BCUT2D eigenvalue weighted by atomic mass is 16.6. The Hall–Kier alpha value is -2.57. The van der Waals surface area contributed by atoms with Gasteiger partial charge >= 0.3 is 12.1 Å². The molecule has 0 aliphatic carbocycles. The van der Waals surface area contributed by atoms with Crippen molar-refractivity contribution in [3.63, 3.8) is 0 Å². The molecule has 0 fully saturated rings. The lowest BCUT2D eigenvalue weighted by molar-refractivity contribution is -0.147. The molecule has 0 spiro atoms. The van der Waals surface area contributed by atoms with E-state index in [2.05, 4.69) is 10.6 Å². The van der Waals surface area contributed by atoms with Crippen LogP contribution in [-0.4, -0.2) is 36.7 Å². The number of carbonyl (C=O) groups excluding carboxylic acids is 3. The highest BCUT2D eigenvalue weighted by Gasteiger charge is 2.16. The van der Waals surface area contributed by atoms with Gasteiger partial charge in [-0.15, -0.1) is 0 Å². The fourth-order valence-corrected chi connectivity index (χ4v) is 2.38. The minimum absolute atomic E-state index is 0.0434. The molecule has 27 heavy (non-hydrogen) atoms. The predicted molar refractivity (Wildman–Crippen MR) is 104 cm³/mol. The van der Waals surface area contributed by atoms with Gasteiger partial charge in [-0.3, -0.25) is 9.59 Å². The standard InChI is InChI=1S/C20H30N2O5/c1-6-14-9-8-10-15(7-2)18(14)22-16(23)13-26-17(24)11-12-21-19(25)27-20(3,4)5/h8-10H,6-7,11-13H2,1-5H3,(H,21,25)(H,22,23). The first-order valence-electron chi connectivity index (χ1n) is 9.19. The number of hydrogen-bond donors (Lipinski definition) is 2. The number of ether oxygens (including phenoxy) is 2. The molecule has 0 saturated heterocycles. The van der Waals surface area contributed by atoms with E-state index in [-0.39, 0.29) is 25.5 Å². The number of alkyl carbamates (subject to hydrolysis) is 1. The summed E-state index contributed by atoms with van der Waals surface area (Å²) >= 11 is 0. The van der Waals surface area contributed by atoms with Gasteiger partial charge in [0, 0.05) is 12.2 Å². The first-order chi connectivity index (χ1) is 12.7. The summed E-state index contributed by atoms with van der Waals surface area (Å²) in [4.78, 5) is 35.3. The van der Waals surface area contributed by atoms with E-state index in [1.165, 1.54) is 0 Å². The molecule has 0 aromatic heterocycles. The van der Waals surface area contributed by atoms with Crippen LogP contribution in [0.1, 0.15) is 52.2 Å². The monoisotopic (exact) mass is 378 g/mol. The highest BCUT2D eigenvalue weighted by molar-refractivity contribution is 5.94. The summed E-state index contributed by atoms with van der Waals surface area (Å²) in [5, 5.41) is 5.30. The average Bonchev–Trinajstić information content (AvgIpc) is 2.58. The van der Waals surface area contributed by atoms with Crippen molar-refractivity contribution >= 4 is 23.7 Å². The zero-order valence-corrected chi connectivity index (χ0v) is 16.8. The third-order valence-corrected chi connectivity index (χ3v) is 3.62. The van der Waals surface area contributed by atoms with Gasteiger partial charge < -0.3 is 20.1 Å². The molecule has 7 nitrogen and oxygen atoms in total. The van der Waals surface area contributed by atoms with Gasteiger partial charge in [-0.25, -0.2) is 4.79 Å². The normalized spacial score (nSPS) is 10.9. The molecule has 150 valence electrons. The van der Waals surface area contributed by atoms with Crippen LogP contribution < -0.4 is 10.6 Å². The second-order valence-corrected chi connectivity index (χ2v) is 7.05. The van der Waals surface area contributed by atoms with Crippen molar-refractivity contribution in [2.75, 3.05) is 18.5 Å². The first kappa shape index (κ1) is 22.5. The smallest absolute Gasteiger partial charge is 0.407 e. The largest absolute Gasteiger partial charge is 0.456 e. The third kappa shape index (κ3) is 8.57. The van der Waals surface area contributed by atoms with E-state index in [9.17, 15) is 14.4 Å². The predicted octanol–water partition coefficient (Wildman–Crippen LogP) is 3.21. The lowest BCUT2D eigenvalue weighted by atomic mass is 10.0. The van der Waals surface area contributed by atoms with Gasteiger partial charge in [0.1, 0.15) is 5.60 Å².